The first-order valence-corrected chi connectivity index (χ1v) is 10.4. The fourth-order valence-corrected chi connectivity index (χ4v) is 4.38. The fraction of sp³-hybridized carbons (Fsp3) is 0.556. The van der Waals surface area contributed by atoms with E-state index in [2.05, 4.69) is 10.0 Å². The highest BCUT2D eigenvalue weighted by Gasteiger charge is 2.31. The van der Waals surface area contributed by atoms with Crippen LogP contribution in [0, 0.1) is 12.8 Å². The van der Waals surface area contributed by atoms with Crippen molar-refractivity contribution in [1.82, 2.24) is 10.0 Å². The number of hydrogen-bond acceptors (Lipinski definition) is 4. The third-order valence-electron chi connectivity index (χ3n) is 4.75. The summed E-state index contributed by atoms with van der Waals surface area (Å²) in [4.78, 5) is 24.3. The first kappa shape index (κ1) is 20.4. The number of carbonyl (C=O) groups is 2. The molecular weight excluding hydrogens is 356 g/mol. The van der Waals surface area contributed by atoms with Crippen molar-refractivity contribution in [2.45, 2.75) is 56.9 Å². The van der Waals surface area contributed by atoms with Crippen molar-refractivity contribution >= 4 is 21.9 Å². The Labute approximate surface area is 154 Å². The topological polar surface area (TPSA) is 113 Å². The molecule has 0 aliphatic heterocycles. The quantitative estimate of drug-likeness (QED) is 0.652. The number of aryl methyl sites for hydroxylation is 1. The maximum atomic E-state index is 12.7. The standard InChI is InChI=1S/C18H26N2O5S/c1-3-19-26(24,25)13-10-9-12(2)15(11-13)17(21)20-16-8-6-4-5-7-14(16)18(22)23/h9-11,14,16,19H,3-8H2,1-2H3,(H,20,21)(H,22,23)/t14-,16+/m1/s1. The van der Waals surface area contributed by atoms with E-state index in [-0.39, 0.29) is 17.0 Å². The molecule has 1 amide bonds. The van der Waals surface area contributed by atoms with Gasteiger partial charge in [0.2, 0.25) is 10.0 Å². The van der Waals surface area contributed by atoms with Gasteiger partial charge in [-0.25, -0.2) is 13.1 Å². The molecule has 1 saturated carbocycles. The van der Waals surface area contributed by atoms with Gasteiger partial charge in [0, 0.05) is 18.2 Å². The Balaban J connectivity index is 2.27. The van der Waals surface area contributed by atoms with Crippen LogP contribution in [0.3, 0.4) is 0 Å². The van der Waals surface area contributed by atoms with Crippen LogP contribution in [0.5, 0.6) is 0 Å². The molecule has 1 aromatic carbocycles. The van der Waals surface area contributed by atoms with Crippen LogP contribution in [0.1, 0.15) is 54.9 Å². The Morgan fingerprint density at radius 3 is 2.54 bits per heavy atom. The molecule has 0 spiro atoms. The maximum Gasteiger partial charge on any atom is 0.308 e. The van der Waals surface area contributed by atoms with E-state index >= 15 is 0 Å². The van der Waals surface area contributed by atoms with E-state index < -0.39 is 33.9 Å². The van der Waals surface area contributed by atoms with Crippen LogP contribution in [0.15, 0.2) is 23.1 Å². The molecule has 0 heterocycles. The van der Waals surface area contributed by atoms with Gasteiger partial charge in [0.05, 0.1) is 10.8 Å². The molecule has 2 rings (SSSR count). The summed E-state index contributed by atoms with van der Waals surface area (Å²) in [5.74, 6) is -1.96. The van der Waals surface area contributed by atoms with E-state index in [1.807, 2.05) is 0 Å². The Hall–Kier alpha value is -1.93. The van der Waals surface area contributed by atoms with Crippen LogP contribution in [0.4, 0.5) is 0 Å². The predicted molar refractivity (Wildman–Crippen MR) is 97.5 cm³/mol. The summed E-state index contributed by atoms with van der Waals surface area (Å²) in [6, 6.07) is 3.93. The number of carbonyl (C=O) groups excluding carboxylic acids is 1. The summed E-state index contributed by atoms with van der Waals surface area (Å²) in [7, 11) is -3.67. The number of amides is 1. The van der Waals surface area contributed by atoms with Gasteiger partial charge in [-0.15, -0.1) is 0 Å². The molecule has 1 aromatic rings. The number of rotatable bonds is 6. The molecule has 1 aliphatic rings. The number of nitrogens with one attached hydrogen (secondary N) is 2. The summed E-state index contributed by atoms with van der Waals surface area (Å²) in [6.45, 7) is 3.65. The molecule has 144 valence electrons. The van der Waals surface area contributed by atoms with E-state index in [9.17, 15) is 23.1 Å². The molecule has 2 atom stereocenters. The molecule has 0 saturated heterocycles. The lowest BCUT2D eigenvalue weighted by molar-refractivity contribution is -0.142. The summed E-state index contributed by atoms with van der Waals surface area (Å²) in [5, 5.41) is 12.3. The average Bonchev–Trinajstić information content (AvgIpc) is 2.80. The number of hydrogen-bond donors (Lipinski definition) is 3. The van der Waals surface area contributed by atoms with Crippen LogP contribution in [-0.2, 0) is 14.8 Å². The van der Waals surface area contributed by atoms with Crippen molar-refractivity contribution in [3.8, 4) is 0 Å². The normalized spacial score (nSPS) is 21.0. The summed E-state index contributed by atoms with van der Waals surface area (Å²) in [5.41, 5.74) is 0.885. The summed E-state index contributed by atoms with van der Waals surface area (Å²) >= 11 is 0. The lowest BCUT2D eigenvalue weighted by atomic mass is 9.94. The molecular formula is C18H26N2O5S. The molecule has 3 N–H and O–H groups in total. The van der Waals surface area contributed by atoms with Crippen molar-refractivity contribution in [1.29, 1.82) is 0 Å². The van der Waals surface area contributed by atoms with Crippen LogP contribution in [-0.4, -0.2) is 38.0 Å². The van der Waals surface area contributed by atoms with E-state index in [1.54, 1.807) is 19.9 Å². The maximum absolute atomic E-state index is 12.7. The van der Waals surface area contributed by atoms with Gasteiger partial charge < -0.3 is 10.4 Å². The van der Waals surface area contributed by atoms with Gasteiger partial charge in [-0.1, -0.05) is 32.3 Å². The second-order valence-corrected chi connectivity index (χ2v) is 8.41. The third kappa shape index (κ3) is 4.82. The number of benzene rings is 1. The first-order chi connectivity index (χ1) is 12.3. The van der Waals surface area contributed by atoms with Gasteiger partial charge in [-0.3, -0.25) is 9.59 Å². The lowest BCUT2D eigenvalue weighted by Crippen LogP contribution is -2.43. The molecule has 8 heteroatoms. The van der Waals surface area contributed by atoms with Crippen molar-refractivity contribution in [2.24, 2.45) is 5.92 Å². The molecule has 0 aromatic heterocycles. The molecule has 1 aliphatic carbocycles. The van der Waals surface area contributed by atoms with Gasteiger partial charge >= 0.3 is 5.97 Å². The first-order valence-electron chi connectivity index (χ1n) is 8.90. The van der Waals surface area contributed by atoms with Crippen molar-refractivity contribution in [3.05, 3.63) is 29.3 Å². The van der Waals surface area contributed by atoms with Crippen LogP contribution >= 0.6 is 0 Å². The highest BCUT2D eigenvalue weighted by molar-refractivity contribution is 7.89. The highest BCUT2D eigenvalue weighted by Crippen LogP contribution is 2.25. The SMILES string of the molecule is CCNS(=O)(=O)c1ccc(C)c(C(=O)N[C@H]2CCCCC[C@H]2C(=O)O)c1. The molecule has 26 heavy (non-hydrogen) atoms. The Morgan fingerprint density at radius 1 is 1.19 bits per heavy atom. The lowest BCUT2D eigenvalue weighted by Gasteiger charge is -2.23. The second-order valence-electron chi connectivity index (χ2n) is 6.64. The molecule has 0 bridgehead atoms. The molecule has 0 unspecified atom stereocenters. The largest absolute Gasteiger partial charge is 0.481 e. The Kier molecular flexibility index (Phi) is 6.77. The zero-order valence-electron chi connectivity index (χ0n) is 15.1. The van der Waals surface area contributed by atoms with Gasteiger partial charge in [0.25, 0.3) is 5.91 Å². The predicted octanol–water partition coefficient (Wildman–Crippen LogP) is 2.06. The number of sulfonamides is 1. The highest BCUT2D eigenvalue weighted by atomic mass is 32.2. The minimum atomic E-state index is -3.67. The number of aliphatic carboxylic acids is 1. The van der Waals surface area contributed by atoms with E-state index in [1.165, 1.54) is 12.1 Å². The van der Waals surface area contributed by atoms with Crippen molar-refractivity contribution in [2.75, 3.05) is 6.54 Å². The van der Waals surface area contributed by atoms with Crippen molar-refractivity contribution in [3.63, 3.8) is 0 Å². The van der Waals surface area contributed by atoms with E-state index in [4.69, 9.17) is 0 Å². The van der Waals surface area contributed by atoms with E-state index in [0.29, 0.717) is 18.4 Å². The van der Waals surface area contributed by atoms with Crippen LogP contribution in [0.25, 0.3) is 0 Å². The zero-order chi connectivity index (χ0) is 19.3. The minimum Gasteiger partial charge on any atom is -0.481 e. The minimum absolute atomic E-state index is 0.0192. The number of carboxylic acids is 1. The smallest absolute Gasteiger partial charge is 0.308 e. The van der Waals surface area contributed by atoms with Crippen molar-refractivity contribution < 1.29 is 23.1 Å². The molecule has 0 radical (unpaired) electrons. The monoisotopic (exact) mass is 382 g/mol. The van der Waals surface area contributed by atoms with Crippen LogP contribution in [0.2, 0.25) is 0 Å². The third-order valence-corrected chi connectivity index (χ3v) is 6.29. The van der Waals surface area contributed by atoms with Gasteiger partial charge in [0.1, 0.15) is 0 Å². The Morgan fingerprint density at radius 2 is 1.88 bits per heavy atom. The summed E-state index contributed by atoms with van der Waals surface area (Å²) < 4.78 is 26.7. The number of carboxylic acid groups (broad SMARTS) is 1. The van der Waals surface area contributed by atoms with Gasteiger partial charge in [0.15, 0.2) is 0 Å². The van der Waals surface area contributed by atoms with E-state index in [0.717, 1.165) is 19.3 Å². The Bertz CT molecular complexity index is 776. The molecule has 7 nitrogen and oxygen atoms in total. The van der Waals surface area contributed by atoms with Crippen LogP contribution < -0.4 is 10.0 Å². The van der Waals surface area contributed by atoms with Gasteiger partial charge in [-0.2, -0.15) is 0 Å². The second kappa shape index (κ2) is 8.64. The molecule has 1 fully saturated rings. The average molecular weight is 382 g/mol. The fourth-order valence-electron chi connectivity index (χ4n) is 3.31. The summed E-state index contributed by atoms with van der Waals surface area (Å²) in [6.07, 6.45) is 3.79. The zero-order valence-corrected chi connectivity index (χ0v) is 15.9. The van der Waals surface area contributed by atoms with Gasteiger partial charge in [-0.05, 0) is 37.5 Å².